The SMILES string of the molecule is CC(C)[C@H](Oc1cccc(Cl)c1Cl)[C@H]1CCNC1. The van der Waals surface area contributed by atoms with Crippen LogP contribution in [0.1, 0.15) is 20.3 Å². The summed E-state index contributed by atoms with van der Waals surface area (Å²) in [4.78, 5) is 0. The normalized spacial score (nSPS) is 21.3. The van der Waals surface area contributed by atoms with Gasteiger partial charge in [-0.1, -0.05) is 43.1 Å². The summed E-state index contributed by atoms with van der Waals surface area (Å²) in [5.41, 5.74) is 0. The molecular weight excluding hydrogens is 269 g/mol. The van der Waals surface area contributed by atoms with E-state index in [4.69, 9.17) is 27.9 Å². The van der Waals surface area contributed by atoms with Gasteiger partial charge < -0.3 is 10.1 Å². The van der Waals surface area contributed by atoms with Gasteiger partial charge in [0.15, 0.2) is 0 Å². The van der Waals surface area contributed by atoms with Crippen molar-refractivity contribution in [1.82, 2.24) is 5.32 Å². The van der Waals surface area contributed by atoms with Crippen molar-refractivity contribution in [1.29, 1.82) is 0 Å². The first kappa shape index (κ1) is 14.0. The van der Waals surface area contributed by atoms with Crippen molar-refractivity contribution in [3.8, 4) is 5.75 Å². The number of hydrogen-bond acceptors (Lipinski definition) is 2. The van der Waals surface area contributed by atoms with Crippen molar-refractivity contribution in [2.45, 2.75) is 26.4 Å². The van der Waals surface area contributed by atoms with E-state index in [9.17, 15) is 0 Å². The maximum atomic E-state index is 6.18. The monoisotopic (exact) mass is 287 g/mol. The maximum absolute atomic E-state index is 6.18. The molecule has 1 aliphatic rings. The molecule has 1 aliphatic heterocycles. The summed E-state index contributed by atoms with van der Waals surface area (Å²) in [7, 11) is 0. The van der Waals surface area contributed by atoms with Crippen molar-refractivity contribution in [2.24, 2.45) is 11.8 Å². The van der Waals surface area contributed by atoms with Crippen molar-refractivity contribution in [3.05, 3.63) is 28.2 Å². The third-order valence-electron chi connectivity index (χ3n) is 3.40. The van der Waals surface area contributed by atoms with Crippen molar-refractivity contribution in [2.75, 3.05) is 13.1 Å². The Morgan fingerprint density at radius 2 is 2.11 bits per heavy atom. The Morgan fingerprint density at radius 1 is 1.33 bits per heavy atom. The van der Waals surface area contributed by atoms with E-state index in [-0.39, 0.29) is 6.10 Å². The number of nitrogens with one attached hydrogen (secondary N) is 1. The van der Waals surface area contributed by atoms with Crippen LogP contribution in [0.5, 0.6) is 5.75 Å². The Morgan fingerprint density at radius 3 is 2.72 bits per heavy atom. The molecule has 1 N–H and O–H groups in total. The average Bonchev–Trinajstić information content (AvgIpc) is 2.84. The van der Waals surface area contributed by atoms with Gasteiger partial charge in [0.25, 0.3) is 0 Å². The van der Waals surface area contributed by atoms with Crippen LogP contribution >= 0.6 is 23.2 Å². The minimum atomic E-state index is 0.177. The molecule has 1 saturated heterocycles. The van der Waals surface area contributed by atoms with Gasteiger partial charge in [0.1, 0.15) is 16.9 Å². The minimum absolute atomic E-state index is 0.177. The summed E-state index contributed by atoms with van der Waals surface area (Å²) in [6, 6.07) is 5.53. The van der Waals surface area contributed by atoms with Gasteiger partial charge >= 0.3 is 0 Å². The summed E-state index contributed by atoms with van der Waals surface area (Å²) in [6.45, 7) is 6.45. The van der Waals surface area contributed by atoms with Crippen LogP contribution in [-0.4, -0.2) is 19.2 Å². The first-order valence-corrected chi connectivity index (χ1v) is 7.16. The van der Waals surface area contributed by atoms with Crippen molar-refractivity contribution in [3.63, 3.8) is 0 Å². The zero-order valence-electron chi connectivity index (χ0n) is 10.7. The lowest BCUT2D eigenvalue weighted by atomic mass is 9.92. The third kappa shape index (κ3) is 3.11. The van der Waals surface area contributed by atoms with Crippen LogP contribution in [0.3, 0.4) is 0 Å². The highest BCUT2D eigenvalue weighted by atomic mass is 35.5. The highest BCUT2D eigenvalue weighted by Crippen LogP contribution is 2.34. The molecule has 0 aromatic heterocycles. The van der Waals surface area contributed by atoms with Gasteiger partial charge in [-0.3, -0.25) is 0 Å². The van der Waals surface area contributed by atoms with Gasteiger partial charge in [-0.25, -0.2) is 0 Å². The van der Waals surface area contributed by atoms with E-state index in [1.807, 2.05) is 12.1 Å². The number of rotatable bonds is 4. The van der Waals surface area contributed by atoms with Crippen LogP contribution in [0.15, 0.2) is 18.2 Å². The van der Waals surface area contributed by atoms with Crippen LogP contribution in [0.25, 0.3) is 0 Å². The largest absolute Gasteiger partial charge is 0.488 e. The Bertz CT molecular complexity index is 403. The Hall–Kier alpha value is -0.440. The second kappa shape index (κ2) is 6.14. The minimum Gasteiger partial charge on any atom is -0.488 e. The highest BCUT2D eigenvalue weighted by molar-refractivity contribution is 6.42. The van der Waals surface area contributed by atoms with E-state index in [2.05, 4.69) is 19.2 Å². The Balaban J connectivity index is 2.15. The first-order chi connectivity index (χ1) is 8.59. The van der Waals surface area contributed by atoms with Crippen LogP contribution < -0.4 is 10.1 Å². The van der Waals surface area contributed by atoms with E-state index < -0.39 is 0 Å². The van der Waals surface area contributed by atoms with Gasteiger partial charge in [-0.05, 0) is 31.0 Å². The molecule has 0 bridgehead atoms. The fourth-order valence-corrected chi connectivity index (χ4v) is 2.79. The predicted molar refractivity (Wildman–Crippen MR) is 76.7 cm³/mol. The number of ether oxygens (including phenoxy) is 1. The van der Waals surface area contributed by atoms with Gasteiger partial charge in [0.2, 0.25) is 0 Å². The Labute approximate surface area is 119 Å². The van der Waals surface area contributed by atoms with E-state index in [0.717, 1.165) is 19.5 Å². The quantitative estimate of drug-likeness (QED) is 0.904. The number of benzene rings is 1. The molecular formula is C14H19Cl2NO. The van der Waals surface area contributed by atoms with Gasteiger partial charge in [0, 0.05) is 12.5 Å². The van der Waals surface area contributed by atoms with E-state index >= 15 is 0 Å². The molecule has 1 fully saturated rings. The molecule has 0 aliphatic carbocycles. The van der Waals surface area contributed by atoms with Gasteiger partial charge in [-0.15, -0.1) is 0 Å². The van der Waals surface area contributed by atoms with Crippen LogP contribution in [-0.2, 0) is 0 Å². The topological polar surface area (TPSA) is 21.3 Å². The molecule has 2 nitrogen and oxygen atoms in total. The molecule has 0 saturated carbocycles. The molecule has 2 rings (SSSR count). The fraction of sp³-hybridized carbons (Fsp3) is 0.571. The van der Waals surface area contributed by atoms with E-state index in [1.165, 1.54) is 0 Å². The highest BCUT2D eigenvalue weighted by Gasteiger charge is 2.29. The second-order valence-corrected chi connectivity index (χ2v) is 5.92. The summed E-state index contributed by atoms with van der Waals surface area (Å²) >= 11 is 12.2. The summed E-state index contributed by atoms with van der Waals surface area (Å²) in [5, 5.41) is 4.43. The lowest BCUT2D eigenvalue weighted by Gasteiger charge is -2.28. The van der Waals surface area contributed by atoms with Crippen LogP contribution in [0.2, 0.25) is 10.0 Å². The van der Waals surface area contributed by atoms with Gasteiger partial charge in [-0.2, -0.15) is 0 Å². The predicted octanol–water partition coefficient (Wildman–Crippen LogP) is 4.01. The van der Waals surface area contributed by atoms with Gasteiger partial charge in [0.05, 0.1) is 5.02 Å². The zero-order chi connectivity index (χ0) is 13.1. The van der Waals surface area contributed by atoms with Crippen molar-refractivity contribution >= 4 is 23.2 Å². The number of hydrogen-bond donors (Lipinski definition) is 1. The molecule has 0 unspecified atom stereocenters. The fourth-order valence-electron chi connectivity index (χ4n) is 2.46. The van der Waals surface area contributed by atoms with Crippen LogP contribution in [0, 0.1) is 11.8 Å². The lowest BCUT2D eigenvalue weighted by molar-refractivity contribution is 0.0975. The second-order valence-electron chi connectivity index (χ2n) is 5.13. The number of halogens is 2. The van der Waals surface area contributed by atoms with Crippen LogP contribution in [0.4, 0.5) is 0 Å². The molecule has 1 heterocycles. The third-order valence-corrected chi connectivity index (χ3v) is 4.20. The van der Waals surface area contributed by atoms with E-state index in [1.54, 1.807) is 6.07 Å². The summed E-state index contributed by atoms with van der Waals surface area (Å²) < 4.78 is 6.12. The molecule has 0 radical (unpaired) electrons. The molecule has 100 valence electrons. The molecule has 18 heavy (non-hydrogen) atoms. The molecule has 2 atom stereocenters. The summed E-state index contributed by atoms with van der Waals surface area (Å²) in [6.07, 6.45) is 1.33. The molecule has 0 spiro atoms. The molecule has 0 amide bonds. The van der Waals surface area contributed by atoms with Crippen molar-refractivity contribution < 1.29 is 4.74 Å². The lowest BCUT2D eigenvalue weighted by Crippen LogP contribution is -2.33. The molecule has 4 heteroatoms. The average molecular weight is 288 g/mol. The standard InChI is InChI=1S/C14H19Cl2NO/c1-9(2)14(10-6-7-17-8-10)18-12-5-3-4-11(15)13(12)16/h3-5,9-10,14,17H,6-8H2,1-2H3/t10-,14-/m0/s1. The maximum Gasteiger partial charge on any atom is 0.139 e. The zero-order valence-corrected chi connectivity index (χ0v) is 12.3. The first-order valence-electron chi connectivity index (χ1n) is 6.41. The molecule has 1 aromatic carbocycles. The smallest absolute Gasteiger partial charge is 0.139 e. The molecule has 1 aromatic rings. The van der Waals surface area contributed by atoms with E-state index in [0.29, 0.717) is 27.6 Å². The summed E-state index contributed by atoms with van der Waals surface area (Å²) in [5.74, 6) is 1.68. The Kier molecular flexibility index (Phi) is 4.77.